The van der Waals surface area contributed by atoms with E-state index in [1.165, 1.54) is 17.7 Å². The van der Waals surface area contributed by atoms with Gasteiger partial charge in [-0.25, -0.2) is 0 Å². The minimum atomic E-state index is -0.0641. The Morgan fingerprint density at radius 2 is 2.16 bits per heavy atom. The van der Waals surface area contributed by atoms with Crippen LogP contribution in [0.5, 0.6) is 0 Å². The quantitative estimate of drug-likeness (QED) is 0.898. The van der Waals surface area contributed by atoms with Crippen LogP contribution in [0.2, 0.25) is 0 Å². The topological polar surface area (TPSA) is 32.3 Å². The van der Waals surface area contributed by atoms with E-state index in [2.05, 4.69) is 22.8 Å². The molecule has 1 aliphatic carbocycles. The second-order valence-corrected chi connectivity index (χ2v) is 6.73. The minimum absolute atomic E-state index is 0.0641. The molecule has 2 atom stereocenters. The van der Waals surface area contributed by atoms with Gasteiger partial charge in [0, 0.05) is 24.0 Å². The van der Waals surface area contributed by atoms with Crippen LogP contribution in [0.3, 0.4) is 0 Å². The fourth-order valence-electron chi connectivity index (χ4n) is 2.90. The highest BCUT2D eigenvalue weighted by molar-refractivity contribution is 7.10. The van der Waals surface area contributed by atoms with Crippen molar-refractivity contribution in [3.63, 3.8) is 0 Å². The van der Waals surface area contributed by atoms with Gasteiger partial charge >= 0.3 is 0 Å². The molecular formula is C15H22N2OS. The lowest BCUT2D eigenvalue weighted by Gasteiger charge is -2.25. The Morgan fingerprint density at radius 3 is 2.74 bits per heavy atom. The molecule has 3 rings (SSSR count). The first kappa shape index (κ1) is 13.1. The molecule has 2 aliphatic rings. The van der Waals surface area contributed by atoms with Crippen molar-refractivity contribution in [3.05, 3.63) is 22.4 Å². The maximum absolute atomic E-state index is 12.4. The number of carbonyl (C=O) groups excluding carboxylic acids is 1. The van der Waals surface area contributed by atoms with E-state index in [-0.39, 0.29) is 11.9 Å². The highest BCUT2D eigenvalue weighted by atomic mass is 32.1. The van der Waals surface area contributed by atoms with Crippen molar-refractivity contribution >= 4 is 17.2 Å². The monoisotopic (exact) mass is 278 g/mol. The van der Waals surface area contributed by atoms with Crippen LogP contribution in [0.4, 0.5) is 0 Å². The Morgan fingerprint density at radius 1 is 1.42 bits per heavy atom. The molecule has 1 aromatic heterocycles. The minimum Gasteiger partial charge on any atom is -0.341 e. The highest BCUT2D eigenvalue weighted by Crippen LogP contribution is 2.42. The summed E-state index contributed by atoms with van der Waals surface area (Å²) in [5.41, 5.74) is 0. The molecule has 1 saturated heterocycles. The molecule has 0 radical (unpaired) electrons. The fourth-order valence-corrected chi connectivity index (χ4v) is 3.78. The molecule has 0 bridgehead atoms. The van der Waals surface area contributed by atoms with Crippen LogP contribution in [0.25, 0.3) is 0 Å². The number of amides is 1. The van der Waals surface area contributed by atoms with Gasteiger partial charge in [0.1, 0.15) is 0 Å². The zero-order valence-electron chi connectivity index (χ0n) is 11.5. The molecule has 2 fully saturated rings. The van der Waals surface area contributed by atoms with Gasteiger partial charge in [0.15, 0.2) is 0 Å². The maximum Gasteiger partial charge on any atom is 0.239 e. The predicted molar refractivity (Wildman–Crippen MR) is 78.2 cm³/mol. The van der Waals surface area contributed by atoms with Gasteiger partial charge in [0.05, 0.1) is 6.04 Å². The third kappa shape index (κ3) is 3.00. The lowest BCUT2D eigenvalue weighted by atomic mass is 10.1. The van der Waals surface area contributed by atoms with Crippen molar-refractivity contribution in [2.24, 2.45) is 5.92 Å². The van der Waals surface area contributed by atoms with Crippen LogP contribution in [0.1, 0.15) is 43.5 Å². The number of nitrogens with one attached hydrogen (secondary N) is 1. The first-order valence-corrected chi connectivity index (χ1v) is 8.22. The summed E-state index contributed by atoms with van der Waals surface area (Å²) in [5, 5.41) is 5.70. The van der Waals surface area contributed by atoms with Crippen LogP contribution >= 0.6 is 11.3 Å². The number of likely N-dealkylation sites (tertiary alicyclic amines) is 1. The second-order valence-electron chi connectivity index (χ2n) is 5.75. The van der Waals surface area contributed by atoms with E-state index < -0.39 is 0 Å². The van der Waals surface area contributed by atoms with Crippen molar-refractivity contribution in [1.82, 2.24) is 10.2 Å². The van der Waals surface area contributed by atoms with Crippen LogP contribution in [0, 0.1) is 5.92 Å². The molecular weight excluding hydrogens is 256 g/mol. The van der Waals surface area contributed by atoms with E-state index in [0.29, 0.717) is 6.04 Å². The Labute approximate surface area is 119 Å². The van der Waals surface area contributed by atoms with Gasteiger partial charge in [-0.1, -0.05) is 6.07 Å². The normalized spacial score (nSPS) is 22.5. The van der Waals surface area contributed by atoms with Gasteiger partial charge in [-0.3, -0.25) is 10.1 Å². The summed E-state index contributed by atoms with van der Waals surface area (Å²) in [7, 11) is 0. The zero-order valence-corrected chi connectivity index (χ0v) is 12.3. The average Bonchev–Trinajstić information content (AvgIpc) is 2.93. The van der Waals surface area contributed by atoms with Gasteiger partial charge in [-0.15, -0.1) is 11.3 Å². The molecule has 1 saturated carbocycles. The van der Waals surface area contributed by atoms with Gasteiger partial charge in [0.2, 0.25) is 5.91 Å². The third-order valence-electron chi connectivity index (χ3n) is 4.16. The number of carbonyl (C=O) groups is 1. The molecule has 2 unspecified atom stereocenters. The molecule has 3 nitrogen and oxygen atoms in total. The molecule has 4 heteroatoms. The first-order valence-electron chi connectivity index (χ1n) is 7.34. The van der Waals surface area contributed by atoms with Gasteiger partial charge < -0.3 is 4.90 Å². The molecule has 19 heavy (non-hydrogen) atoms. The zero-order chi connectivity index (χ0) is 13.2. The van der Waals surface area contributed by atoms with Crippen LogP contribution in [-0.4, -0.2) is 29.9 Å². The van der Waals surface area contributed by atoms with Gasteiger partial charge in [0.25, 0.3) is 0 Å². The molecule has 0 aromatic carbocycles. The van der Waals surface area contributed by atoms with E-state index >= 15 is 0 Å². The lowest BCUT2D eigenvalue weighted by molar-refractivity contribution is -0.132. The van der Waals surface area contributed by atoms with Crippen molar-refractivity contribution in [3.8, 4) is 0 Å². The van der Waals surface area contributed by atoms with E-state index in [1.807, 2.05) is 11.8 Å². The molecule has 1 aromatic rings. The standard InChI is InChI=1S/C15H22N2OS/c1-11(15(18)17-8-2-3-9-17)16-14(12-6-7-12)13-5-4-10-19-13/h4-5,10-12,14,16H,2-3,6-9H2,1H3. The Bertz CT molecular complexity index is 421. The molecule has 0 spiro atoms. The second kappa shape index (κ2) is 5.63. The number of rotatable bonds is 5. The summed E-state index contributed by atoms with van der Waals surface area (Å²) in [4.78, 5) is 15.7. The maximum atomic E-state index is 12.4. The molecule has 2 heterocycles. The molecule has 1 N–H and O–H groups in total. The van der Waals surface area contributed by atoms with E-state index in [0.717, 1.165) is 31.8 Å². The first-order chi connectivity index (χ1) is 9.25. The van der Waals surface area contributed by atoms with Gasteiger partial charge in [-0.2, -0.15) is 0 Å². The average molecular weight is 278 g/mol. The fraction of sp³-hybridized carbons (Fsp3) is 0.667. The van der Waals surface area contributed by atoms with E-state index in [1.54, 1.807) is 11.3 Å². The summed E-state index contributed by atoms with van der Waals surface area (Å²) < 4.78 is 0. The Balaban J connectivity index is 1.63. The summed E-state index contributed by atoms with van der Waals surface area (Å²) in [6, 6.07) is 4.60. The van der Waals surface area contributed by atoms with Crippen LogP contribution in [-0.2, 0) is 4.79 Å². The van der Waals surface area contributed by atoms with Crippen LogP contribution < -0.4 is 5.32 Å². The molecule has 1 amide bonds. The summed E-state index contributed by atoms with van der Waals surface area (Å²) in [6.07, 6.45) is 4.91. The Hall–Kier alpha value is -0.870. The SMILES string of the molecule is CC(NC(c1cccs1)C1CC1)C(=O)N1CCCC1. The van der Waals surface area contributed by atoms with E-state index in [9.17, 15) is 4.79 Å². The van der Waals surface area contributed by atoms with Gasteiger partial charge in [-0.05, 0) is 50.0 Å². The number of hydrogen-bond donors (Lipinski definition) is 1. The lowest BCUT2D eigenvalue weighted by Crippen LogP contribution is -2.45. The highest BCUT2D eigenvalue weighted by Gasteiger charge is 2.35. The molecule has 104 valence electrons. The third-order valence-corrected chi connectivity index (χ3v) is 5.12. The predicted octanol–water partition coefficient (Wildman–Crippen LogP) is 2.80. The summed E-state index contributed by atoms with van der Waals surface area (Å²) >= 11 is 1.80. The number of nitrogens with zero attached hydrogens (tertiary/aromatic N) is 1. The van der Waals surface area contributed by atoms with E-state index in [4.69, 9.17) is 0 Å². The number of hydrogen-bond acceptors (Lipinski definition) is 3. The van der Waals surface area contributed by atoms with Crippen molar-refractivity contribution < 1.29 is 4.79 Å². The van der Waals surface area contributed by atoms with Crippen molar-refractivity contribution in [2.75, 3.05) is 13.1 Å². The molecule has 1 aliphatic heterocycles. The summed E-state index contributed by atoms with van der Waals surface area (Å²) in [6.45, 7) is 3.90. The smallest absolute Gasteiger partial charge is 0.239 e. The summed E-state index contributed by atoms with van der Waals surface area (Å²) in [5.74, 6) is 1.01. The van der Waals surface area contributed by atoms with Crippen LogP contribution in [0.15, 0.2) is 17.5 Å². The largest absolute Gasteiger partial charge is 0.341 e. The Kier molecular flexibility index (Phi) is 3.89. The van der Waals surface area contributed by atoms with Crippen molar-refractivity contribution in [1.29, 1.82) is 0 Å². The number of thiophene rings is 1. The van der Waals surface area contributed by atoms with Crippen molar-refractivity contribution in [2.45, 2.75) is 44.7 Å².